The predicted molar refractivity (Wildman–Crippen MR) is 69.6 cm³/mol. The van der Waals surface area contributed by atoms with Crippen LogP contribution in [-0.4, -0.2) is 12.1 Å². The van der Waals surface area contributed by atoms with E-state index in [0.717, 1.165) is 6.42 Å². The molecule has 15 heavy (non-hydrogen) atoms. The van der Waals surface area contributed by atoms with Crippen LogP contribution in [0.5, 0.6) is 0 Å². The van der Waals surface area contributed by atoms with E-state index >= 15 is 0 Å². The summed E-state index contributed by atoms with van der Waals surface area (Å²) in [6.07, 6.45) is 4.98. The van der Waals surface area contributed by atoms with Crippen LogP contribution in [0.25, 0.3) is 0 Å². The molecule has 1 heterocycles. The highest BCUT2D eigenvalue weighted by atomic mass is 32.1. The minimum atomic E-state index is 0.597. The third-order valence-corrected chi connectivity index (χ3v) is 3.64. The first kappa shape index (κ1) is 12.7. The molecule has 0 amide bonds. The maximum Gasteiger partial charge on any atom is 0.00896 e. The van der Waals surface area contributed by atoms with E-state index in [1.54, 1.807) is 0 Å². The molecule has 1 aromatic heterocycles. The van der Waals surface area contributed by atoms with E-state index in [-0.39, 0.29) is 0 Å². The summed E-state index contributed by atoms with van der Waals surface area (Å²) in [5.74, 6) is 0. The van der Waals surface area contributed by atoms with Crippen LogP contribution in [0.15, 0.2) is 17.5 Å². The fraction of sp³-hybridized carbons (Fsp3) is 0.692. The molecule has 1 N–H and O–H groups in total. The summed E-state index contributed by atoms with van der Waals surface area (Å²) in [5, 5.41) is 5.87. The van der Waals surface area contributed by atoms with Gasteiger partial charge in [0.15, 0.2) is 0 Å². The predicted octanol–water partition coefficient (Wildman–Crippen LogP) is 3.85. The zero-order valence-electron chi connectivity index (χ0n) is 10.1. The Morgan fingerprint density at radius 2 is 2.20 bits per heavy atom. The van der Waals surface area contributed by atoms with Gasteiger partial charge in [0.1, 0.15) is 0 Å². The van der Waals surface area contributed by atoms with E-state index in [9.17, 15) is 0 Å². The lowest BCUT2D eigenvalue weighted by atomic mass is 10.1. The Labute approximate surface area is 97.9 Å². The molecule has 0 aromatic carbocycles. The fourth-order valence-electron chi connectivity index (χ4n) is 1.95. The minimum absolute atomic E-state index is 0.597. The first-order valence-corrected chi connectivity index (χ1v) is 6.92. The van der Waals surface area contributed by atoms with Crippen LogP contribution < -0.4 is 5.32 Å². The van der Waals surface area contributed by atoms with Crippen molar-refractivity contribution < 1.29 is 0 Å². The maximum atomic E-state index is 3.71. The lowest BCUT2D eigenvalue weighted by molar-refractivity contribution is 0.409. The monoisotopic (exact) mass is 225 g/mol. The molecule has 2 atom stereocenters. The van der Waals surface area contributed by atoms with E-state index < -0.39 is 0 Å². The van der Waals surface area contributed by atoms with Crippen molar-refractivity contribution in [1.82, 2.24) is 5.32 Å². The van der Waals surface area contributed by atoms with Crippen molar-refractivity contribution in [3.8, 4) is 0 Å². The van der Waals surface area contributed by atoms with Gasteiger partial charge < -0.3 is 5.32 Å². The molecular formula is C13H23NS. The molecule has 2 unspecified atom stereocenters. The maximum absolute atomic E-state index is 3.71. The van der Waals surface area contributed by atoms with Gasteiger partial charge in [-0.2, -0.15) is 0 Å². The molecular weight excluding hydrogens is 202 g/mol. The minimum Gasteiger partial charge on any atom is -0.311 e. The Hall–Kier alpha value is -0.340. The largest absolute Gasteiger partial charge is 0.311 e. The van der Waals surface area contributed by atoms with Gasteiger partial charge in [-0.25, -0.2) is 0 Å². The van der Waals surface area contributed by atoms with Gasteiger partial charge in [0, 0.05) is 17.0 Å². The second kappa shape index (κ2) is 7.02. The smallest absolute Gasteiger partial charge is 0.00896 e. The molecule has 0 aliphatic heterocycles. The van der Waals surface area contributed by atoms with Crippen molar-refractivity contribution in [3.05, 3.63) is 22.4 Å². The van der Waals surface area contributed by atoms with Crippen LogP contribution >= 0.6 is 11.3 Å². The van der Waals surface area contributed by atoms with Crippen LogP contribution in [0.4, 0.5) is 0 Å². The molecule has 0 saturated heterocycles. The number of hydrogen-bond acceptors (Lipinski definition) is 2. The summed E-state index contributed by atoms with van der Waals surface area (Å²) in [6, 6.07) is 5.66. The summed E-state index contributed by atoms with van der Waals surface area (Å²) in [6.45, 7) is 6.82. The molecule has 1 aromatic rings. The highest BCUT2D eigenvalue weighted by molar-refractivity contribution is 7.09. The van der Waals surface area contributed by atoms with Gasteiger partial charge in [-0.15, -0.1) is 11.3 Å². The molecule has 0 saturated carbocycles. The third kappa shape index (κ3) is 4.80. The lowest BCUT2D eigenvalue weighted by Gasteiger charge is -2.21. The molecule has 2 heteroatoms. The molecule has 1 rings (SSSR count). The van der Waals surface area contributed by atoms with Crippen molar-refractivity contribution in [1.29, 1.82) is 0 Å². The summed E-state index contributed by atoms with van der Waals surface area (Å²) < 4.78 is 0. The standard InChI is InChI=1S/C13H23NS/c1-4-7-12(5-2)14-11(3)10-13-8-6-9-15-13/h6,8-9,11-12,14H,4-5,7,10H2,1-3H3. The van der Waals surface area contributed by atoms with Crippen molar-refractivity contribution >= 4 is 11.3 Å². The van der Waals surface area contributed by atoms with E-state index in [4.69, 9.17) is 0 Å². The van der Waals surface area contributed by atoms with Crippen molar-refractivity contribution in [2.24, 2.45) is 0 Å². The first-order valence-electron chi connectivity index (χ1n) is 6.04. The van der Waals surface area contributed by atoms with Gasteiger partial charge in [-0.05, 0) is 37.6 Å². The molecule has 0 spiro atoms. The number of thiophene rings is 1. The fourth-order valence-corrected chi connectivity index (χ4v) is 2.78. The number of rotatable bonds is 7. The Kier molecular flexibility index (Phi) is 5.96. The number of hydrogen-bond donors (Lipinski definition) is 1. The molecule has 1 nitrogen and oxygen atoms in total. The number of nitrogens with one attached hydrogen (secondary N) is 1. The highest BCUT2D eigenvalue weighted by Gasteiger charge is 2.09. The Morgan fingerprint density at radius 1 is 1.40 bits per heavy atom. The van der Waals surface area contributed by atoms with Crippen LogP contribution in [0, 0.1) is 0 Å². The van der Waals surface area contributed by atoms with Gasteiger partial charge in [0.2, 0.25) is 0 Å². The van der Waals surface area contributed by atoms with Gasteiger partial charge in [0.25, 0.3) is 0 Å². The Morgan fingerprint density at radius 3 is 2.73 bits per heavy atom. The van der Waals surface area contributed by atoms with Gasteiger partial charge in [-0.1, -0.05) is 26.3 Å². The average Bonchev–Trinajstić information content (AvgIpc) is 2.69. The third-order valence-electron chi connectivity index (χ3n) is 2.74. The van der Waals surface area contributed by atoms with E-state index in [2.05, 4.69) is 43.6 Å². The van der Waals surface area contributed by atoms with Crippen molar-refractivity contribution in [3.63, 3.8) is 0 Å². The quantitative estimate of drug-likeness (QED) is 0.743. The van der Waals surface area contributed by atoms with E-state index in [0.29, 0.717) is 12.1 Å². The van der Waals surface area contributed by atoms with Crippen molar-refractivity contribution in [2.45, 2.75) is 58.5 Å². The highest BCUT2D eigenvalue weighted by Crippen LogP contribution is 2.12. The zero-order valence-corrected chi connectivity index (χ0v) is 10.9. The van der Waals surface area contributed by atoms with Crippen LogP contribution in [-0.2, 0) is 6.42 Å². The van der Waals surface area contributed by atoms with E-state index in [1.165, 1.54) is 24.1 Å². The summed E-state index contributed by atoms with van der Waals surface area (Å²) in [7, 11) is 0. The van der Waals surface area contributed by atoms with Crippen LogP contribution in [0.1, 0.15) is 44.9 Å². The zero-order chi connectivity index (χ0) is 11.1. The average molecular weight is 225 g/mol. The molecule has 0 fully saturated rings. The lowest BCUT2D eigenvalue weighted by Crippen LogP contribution is -2.37. The molecule has 86 valence electrons. The molecule has 0 aliphatic carbocycles. The molecule has 0 radical (unpaired) electrons. The van der Waals surface area contributed by atoms with Gasteiger partial charge in [0.05, 0.1) is 0 Å². The molecule has 0 aliphatic rings. The van der Waals surface area contributed by atoms with E-state index in [1.807, 2.05) is 11.3 Å². The van der Waals surface area contributed by atoms with Crippen LogP contribution in [0.2, 0.25) is 0 Å². The summed E-state index contributed by atoms with van der Waals surface area (Å²) in [4.78, 5) is 1.49. The van der Waals surface area contributed by atoms with Gasteiger partial charge >= 0.3 is 0 Å². The van der Waals surface area contributed by atoms with Crippen LogP contribution in [0.3, 0.4) is 0 Å². The summed E-state index contributed by atoms with van der Waals surface area (Å²) >= 11 is 1.86. The topological polar surface area (TPSA) is 12.0 Å². The first-order chi connectivity index (χ1) is 7.26. The SMILES string of the molecule is CCCC(CC)NC(C)Cc1cccs1. The Balaban J connectivity index is 2.30. The second-order valence-corrected chi connectivity index (χ2v) is 5.28. The molecule has 0 bridgehead atoms. The normalized spacial score (nSPS) is 15.1. The second-order valence-electron chi connectivity index (χ2n) is 4.25. The Bertz CT molecular complexity index is 243. The van der Waals surface area contributed by atoms with Gasteiger partial charge in [-0.3, -0.25) is 0 Å². The van der Waals surface area contributed by atoms with Crippen molar-refractivity contribution in [2.75, 3.05) is 0 Å². The summed E-state index contributed by atoms with van der Waals surface area (Å²) in [5.41, 5.74) is 0.